The van der Waals surface area contributed by atoms with Gasteiger partial charge in [-0.1, -0.05) is 23.7 Å². The first kappa shape index (κ1) is 21.7. The van der Waals surface area contributed by atoms with E-state index in [2.05, 4.69) is 10.1 Å². The van der Waals surface area contributed by atoms with Gasteiger partial charge in [-0.2, -0.15) is 0 Å². The largest absolute Gasteiger partial charge is 0.465 e. The number of carbonyl (C=O) groups excluding carboxylic acids is 2. The second-order valence-electron chi connectivity index (χ2n) is 6.29. The lowest BCUT2D eigenvalue weighted by Gasteiger charge is -2.24. The predicted octanol–water partition coefficient (Wildman–Crippen LogP) is 3.15. The molecule has 1 amide bonds. The molecule has 9 heteroatoms. The van der Waals surface area contributed by atoms with Crippen molar-refractivity contribution in [2.45, 2.75) is 13.8 Å². The fraction of sp³-hybridized carbons (Fsp3) is 0.263. The summed E-state index contributed by atoms with van der Waals surface area (Å²) in [6, 6.07) is 9.69. The van der Waals surface area contributed by atoms with Gasteiger partial charge in [0, 0.05) is 5.69 Å². The number of amides is 1. The summed E-state index contributed by atoms with van der Waals surface area (Å²) in [7, 11) is -2.48. The smallest absolute Gasteiger partial charge is 0.339 e. The van der Waals surface area contributed by atoms with Crippen molar-refractivity contribution in [2.75, 3.05) is 29.5 Å². The number of hydrogen-bond donors (Lipinski definition) is 1. The van der Waals surface area contributed by atoms with E-state index in [4.69, 9.17) is 11.6 Å². The second-order valence-corrected chi connectivity index (χ2v) is 8.61. The Morgan fingerprint density at radius 3 is 2.43 bits per heavy atom. The number of halogens is 1. The van der Waals surface area contributed by atoms with Gasteiger partial charge in [0.25, 0.3) is 0 Å². The van der Waals surface area contributed by atoms with Crippen LogP contribution in [-0.4, -0.2) is 40.2 Å². The van der Waals surface area contributed by atoms with E-state index in [9.17, 15) is 18.0 Å². The molecule has 0 spiro atoms. The Kier molecular flexibility index (Phi) is 6.69. The van der Waals surface area contributed by atoms with Crippen molar-refractivity contribution in [2.24, 2.45) is 0 Å². The maximum Gasteiger partial charge on any atom is 0.339 e. The monoisotopic (exact) mass is 424 g/mol. The van der Waals surface area contributed by atoms with Gasteiger partial charge in [-0.3, -0.25) is 9.10 Å². The van der Waals surface area contributed by atoms with Crippen molar-refractivity contribution < 1.29 is 22.7 Å². The van der Waals surface area contributed by atoms with Crippen LogP contribution in [0.3, 0.4) is 0 Å². The Hall–Kier alpha value is -2.58. The van der Waals surface area contributed by atoms with E-state index >= 15 is 0 Å². The fourth-order valence-electron chi connectivity index (χ4n) is 2.57. The number of methoxy groups -OCH3 is 1. The van der Waals surface area contributed by atoms with Crippen molar-refractivity contribution in [1.29, 1.82) is 0 Å². The molecule has 2 rings (SSSR count). The Labute approximate surface area is 169 Å². The molecule has 2 aromatic carbocycles. The minimum Gasteiger partial charge on any atom is -0.465 e. The van der Waals surface area contributed by atoms with E-state index in [0.29, 0.717) is 11.4 Å². The van der Waals surface area contributed by atoms with Crippen molar-refractivity contribution in [1.82, 2.24) is 0 Å². The van der Waals surface area contributed by atoms with Crippen LogP contribution in [0.5, 0.6) is 0 Å². The molecular formula is C19H21ClN2O5S. The average molecular weight is 425 g/mol. The number of benzene rings is 2. The molecule has 0 atom stereocenters. The topological polar surface area (TPSA) is 92.8 Å². The SMILES string of the molecule is COC(=O)c1cc(NC(=O)CN(c2cc(C)ccc2C)S(C)(=O)=O)ccc1Cl. The molecular weight excluding hydrogens is 404 g/mol. The Bertz CT molecular complexity index is 1020. The Balaban J connectivity index is 2.28. The van der Waals surface area contributed by atoms with E-state index in [1.165, 1.54) is 25.3 Å². The third-order valence-corrected chi connectivity index (χ3v) is 5.43. The Morgan fingerprint density at radius 2 is 1.82 bits per heavy atom. The second kappa shape index (κ2) is 8.62. The molecule has 28 heavy (non-hydrogen) atoms. The van der Waals surface area contributed by atoms with Gasteiger partial charge in [-0.05, 0) is 49.2 Å². The summed E-state index contributed by atoms with van der Waals surface area (Å²) in [5.41, 5.74) is 2.42. The lowest BCUT2D eigenvalue weighted by Crippen LogP contribution is -2.38. The van der Waals surface area contributed by atoms with Gasteiger partial charge in [-0.15, -0.1) is 0 Å². The third kappa shape index (κ3) is 5.24. The van der Waals surface area contributed by atoms with E-state index in [-0.39, 0.29) is 10.6 Å². The minimum absolute atomic E-state index is 0.0939. The number of carbonyl (C=O) groups is 2. The number of anilines is 2. The average Bonchev–Trinajstić information content (AvgIpc) is 2.62. The van der Waals surface area contributed by atoms with E-state index in [1.54, 1.807) is 19.1 Å². The van der Waals surface area contributed by atoms with Crippen LogP contribution in [0.1, 0.15) is 21.5 Å². The number of nitrogens with zero attached hydrogens (tertiary/aromatic N) is 1. The third-order valence-electron chi connectivity index (χ3n) is 3.98. The molecule has 0 saturated carbocycles. The maximum atomic E-state index is 12.5. The summed E-state index contributed by atoms with van der Waals surface area (Å²) in [5, 5.41) is 2.76. The number of ether oxygens (including phenoxy) is 1. The van der Waals surface area contributed by atoms with E-state index < -0.39 is 28.4 Å². The highest BCUT2D eigenvalue weighted by Crippen LogP contribution is 2.25. The molecule has 0 unspecified atom stereocenters. The molecule has 0 saturated heterocycles. The molecule has 1 N–H and O–H groups in total. The van der Waals surface area contributed by atoms with Crippen LogP contribution in [0.2, 0.25) is 5.02 Å². The van der Waals surface area contributed by atoms with Gasteiger partial charge in [0.05, 0.1) is 29.6 Å². The summed E-state index contributed by atoms with van der Waals surface area (Å²) < 4.78 is 30.2. The highest BCUT2D eigenvalue weighted by Gasteiger charge is 2.23. The molecule has 0 aliphatic carbocycles. The first-order valence-corrected chi connectivity index (χ1v) is 10.5. The molecule has 0 heterocycles. The molecule has 0 radical (unpaired) electrons. The number of esters is 1. The van der Waals surface area contributed by atoms with Crippen LogP contribution in [0.25, 0.3) is 0 Å². The normalized spacial score (nSPS) is 11.0. The van der Waals surface area contributed by atoms with Crippen molar-refractivity contribution in [3.63, 3.8) is 0 Å². The number of sulfonamides is 1. The summed E-state index contributed by atoms with van der Waals surface area (Å²) in [6.45, 7) is 3.19. The predicted molar refractivity (Wildman–Crippen MR) is 110 cm³/mol. The van der Waals surface area contributed by atoms with Crippen molar-refractivity contribution in [3.8, 4) is 0 Å². The zero-order chi connectivity index (χ0) is 21.1. The van der Waals surface area contributed by atoms with Crippen LogP contribution < -0.4 is 9.62 Å². The van der Waals surface area contributed by atoms with Crippen molar-refractivity contribution in [3.05, 3.63) is 58.1 Å². The summed E-state index contributed by atoms with van der Waals surface area (Å²) in [6.07, 6.45) is 1.04. The highest BCUT2D eigenvalue weighted by atomic mass is 35.5. The van der Waals surface area contributed by atoms with Crippen LogP contribution in [0.4, 0.5) is 11.4 Å². The summed E-state index contributed by atoms with van der Waals surface area (Å²) in [4.78, 5) is 24.2. The first-order chi connectivity index (χ1) is 13.0. The molecule has 0 fully saturated rings. The quantitative estimate of drug-likeness (QED) is 0.719. The van der Waals surface area contributed by atoms with E-state index in [1.807, 2.05) is 13.0 Å². The molecule has 2 aromatic rings. The van der Waals surface area contributed by atoms with Gasteiger partial charge >= 0.3 is 5.97 Å². The van der Waals surface area contributed by atoms with Crippen molar-refractivity contribution >= 4 is 44.9 Å². The highest BCUT2D eigenvalue weighted by molar-refractivity contribution is 7.92. The lowest BCUT2D eigenvalue weighted by atomic mass is 10.1. The zero-order valence-corrected chi connectivity index (χ0v) is 17.5. The Morgan fingerprint density at radius 1 is 1.14 bits per heavy atom. The molecule has 0 aliphatic rings. The number of aryl methyl sites for hydroxylation is 2. The zero-order valence-electron chi connectivity index (χ0n) is 15.9. The van der Waals surface area contributed by atoms with Crippen LogP contribution in [0.15, 0.2) is 36.4 Å². The molecule has 0 bridgehead atoms. The van der Waals surface area contributed by atoms with Gasteiger partial charge in [0.1, 0.15) is 6.54 Å². The number of rotatable bonds is 6. The summed E-state index contributed by atoms with van der Waals surface area (Å²) >= 11 is 5.96. The van der Waals surface area contributed by atoms with E-state index in [0.717, 1.165) is 21.7 Å². The minimum atomic E-state index is -3.70. The first-order valence-electron chi connectivity index (χ1n) is 8.25. The molecule has 150 valence electrons. The lowest BCUT2D eigenvalue weighted by molar-refractivity contribution is -0.114. The van der Waals surface area contributed by atoms with Gasteiger partial charge in [0.15, 0.2) is 0 Å². The summed E-state index contributed by atoms with van der Waals surface area (Å²) in [5.74, 6) is -1.21. The standard InChI is InChI=1S/C19H21ClN2O5S/c1-12-5-6-13(2)17(9-12)22(28(4,25)26)11-18(23)21-14-7-8-16(20)15(10-14)19(24)27-3/h5-10H,11H2,1-4H3,(H,21,23). The van der Waals surface area contributed by atoms with Gasteiger partial charge in [0.2, 0.25) is 15.9 Å². The van der Waals surface area contributed by atoms with Crippen LogP contribution in [-0.2, 0) is 19.6 Å². The molecule has 0 aromatic heterocycles. The number of nitrogens with one attached hydrogen (secondary N) is 1. The molecule has 0 aliphatic heterocycles. The van der Waals surface area contributed by atoms with Crippen LogP contribution >= 0.6 is 11.6 Å². The maximum absolute atomic E-state index is 12.5. The number of hydrogen-bond acceptors (Lipinski definition) is 5. The van der Waals surface area contributed by atoms with Gasteiger partial charge in [-0.25, -0.2) is 13.2 Å². The van der Waals surface area contributed by atoms with Crippen LogP contribution in [0, 0.1) is 13.8 Å². The molecule has 7 nitrogen and oxygen atoms in total. The van der Waals surface area contributed by atoms with Gasteiger partial charge < -0.3 is 10.1 Å². The fourth-order valence-corrected chi connectivity index (χ4v) is 3.67.